The van der Waals surface area contributed by atoms with Crippen LogP contribution < -0.4 is 10.5 Å². The quantitative estimate of drug-likeness (QED) is 0.646. The maximum atomic E-state index is 7.59. The summed E-state index contributed by atoms with van der Waals surface area (Å²) in [5.41, 5.74) is 8.49. The van der Waals surface area contributed by atoms with Crippen molar-refractivity contribution in [3.63, 3.8) is 0 Å². The van der Waals surface area contributed by atoms with Gasteiger partial charge in [0.15, 0.2) is 0 Å². The summed E-state index contributed by atoms with van der Waals surface area (Å²) in [6.07, 6.45) is 0.963. The van der Waals surface area contributed by atoms with Gasteiger partial charge in [0, 0.05) is 0 Å². The minimum Gasteiger partial charge on any atom is -0.457 e. The molecule has 0 spiro atoms. The van der Waals surface area contributed by atoms with Crippen molar-refractivity contribution in [2.45, 2.75) is 20.3 Å². The molecule has 0 saturated heterocycles. The molecule has 0 bridgehead atoms. The number of hydrogen-bond acceptors (Lipinski definition) is 2. The zero-order valence-electron chi connectivity index (χ0n) is 11.2. The number of nitrogens with one attached hydrogen (secondary N) is 1. The molecule has 3 heteroatoms. The fourth-order valence-corrected chi connectivity index (χ4v) is 1.89. The van der Waals surface area contributed by atoms with Gasteiger partial charge in [-0.25, -0.2) is 0 Å². The van der Waals surface area contributed by atoms with Crippen LogP contribution in [0.2, 0.25) is 0 Å². The van der Waals surface area contributed by atoms with E-state index in [1.54, 1.807) is 0 Å². The molecule has 0 unspecified atom stereocenters. The van der Waals surface area contributed by atoms with Crippen LogP contribution in [-0.4, -0.2) is 5.84 Å². The highest BCUT2D eigenvalue weighted by Gasteiger charge is 2.08. The summed E-state index contributed by atoms with van der Waals surface area (Å²) in [6.45, 7) is 4.09. The smallest absolute Gasteiger partial charge is 0.138 e. The van der Waals surface area contributed by atoms with E-state index < -0.39 is 0 Å². The molecule has 98 valence electrons. The van der Waals surface area contributed by atoms with Crippen molar-refractivity contribution in [1.29, 1.82) is 5.41 Å². The lowest BCUT2D eigenvalue weighted by Gasteiger charge is -2.12. The Balaban J connectivity index is 2.36. The van der Waals surface area contributed by atoms with Gasteiger partial charge in [-0.05, 0) is 48.7 Å². The van der Waals surface area contributed by atoms with Crippen molar-refractivity contribution in [2.75, 3.05) is 0 Å². The van der Waals surface area contributed by atoms with E-state index in [1.807, 2.05) is 43.3 Å². The van der Waals surface area contributed by atoms with Crippen LogP contribution in [0, 0.1) is 12.3 Å². The Morgan fingerprint density at radius 1 is 1.21 bits per heavy atom. The molecule has 0 saturated carbocycles. The summed E-state index contributed by atoms with van der Waals surface area (Å²) in [7, 11) is 0. The van der Waals surface area contributed by atoms with E-state index >= 15 is 0 Å². The van der Waals surface area contributed by atoms with Crippen LogP contribution in [0.4, 0.5) is 0 Å². The third kappa shape index (κ3) is 3.13. The number of nitrogen functional groups attached to an aromatic ring is 1. The third-order valence-electron chi connectivity index (χ3n) is 2.96. The van der Waals surface area contributed by atoms with Gasteiger partial charge >= 0.3 is 0 Å². The average Bonchev–Trinajstić information content (AvgIpc) is 2.38. The second-order valence-corrected chi connectivity index (χ2v) is 4.52. The van der Waals surface area contributed by atoms with Crippen molar-refractivity contribution in [3.8, 4) is 11.5 Å². The molecule has 2 aromatic rings. The molecule has 3 N–H and O–H groups in total. The fraction of sp³-hybridized carbons (Fsp3) is 0.188. The Labute approximate surface area is 113 Å². The SMILES string of the molecule is CCc1cccc(Oc2cc(C)ccc2C(=N)N)c1. The summed E-state index contributed by atoms with van der Waals surface area (Å²) in [4.78, 5) is 0. The molecule has 0 aliphatic heterocycles. The van der Waals surface area contributed by atoms with Gasteiger partial charge in [-0.15, -0.1) is 0 Å². The molecule has 0 atom stereocenters. The maximum Gasteiger partial charge on any atom is 0.138 e. The van der Waals surface area contributed by atoms with Crippen molar-refractivity contribution in [3.05, 3.63) is 59.2 Å². The first kappa shape index (κ1) is 13.1. The highest BCUT2D eigenvalue weighted by atomic mass is 16.5. The molecule has 2 aromatic carbocycles. The lowest BCUT2D eigenvalue weighted by molar-refractivity contribution is 0.480. The number of ether oxygens (including phenoxy) is 1. The Morgan fingerprint density at radius 2 is 2.00 bits per heavy atom. The molecular weight excluding hydrogens is 236 g/mol. The highest BCUT2D eigenvalue weighted by molar-refractivity contribution is 5.97. The summed E-state index contributed by atoms with van der Waals surface area (Å²) < 4.78 is 5.87. The molecule has 0 heterocycles. The second kappa shape index (κ2) is 5.57. The van der Waals surface area contributed by atoms with Gasteiger partial charge in [0.2, 0.25) is 0 Å². The topological polar surface area (TPSA) is 59.1 Å². The lowest BCUT2D eigenvalue weighted by Crippen LogP contribution is -2.12. The fourth-order valence-electron chi connectivity index (χ4n) is 1.89. The lowest BCUT2D eigenvalue weighted by atomic mass is 10.1. The molecule has 3 nitrogen and oxygen atoms in total. The zero-order valence-corrected chi connectivity index (χ0v) is 11.2. The zero-order chi connectivity index (χ0) is 13.8. The Bertz CT molecular complexity index is 605. The van der Waals surface area contributed by atoms with Gasteiger partial charge in [-0.2, -0.15) is 0 Å². The van der Waals surface area contributed by atoms with Crippen molar-refractivity contribution in [2.24, 2.45) is 5.73 Å². The molecule has 19 heavy (non-hydrogen) atoms. The van der Waals surface area contributed by atoms with E-state index in [-0.39, 0.29) is 5.84 Å². The van der Waals surface area contributed by atoms with Gasteiger partial charge in [-0.1, -0.05) is 25.1 Å². The van der Waals surface area contributed by atoms with Crippen molar-refractivity contribution >= 4 is 5.84 Å². The van der Waals surface area contributed by atoms with Crippen LogP contribution in [0.25, 0.3) is 0 Å². The summed E-state index contributed by atoms with van der Waals surface area (Å²) in [5, 5.41) is 7.59. The standard InChI is InChI=1S/C16H18N2O/c1-3-12-5-4-6-13(10-12)19-15-9-11(2)7-8-14(15)16(17)18/h4-10H,3H2,1-2H3,(H3,17,18). The van der Waals surface area contributed by atoms with E-state index in [0.717, 1.165) is 17.7 Å². The first-order valence-corrected chi connectivity index (χ1v) is 6.32. The molecular formula is C16H18N2O. The van der Waals surface area contributed by atoms with E-state index in [1.165, 1.54) is 5.56 Å². The Hall–Kier alpha value is -2.29. The number of benzene rings is 2. The van der Waals surface area contributed by atoms with E-state index in [4.69, 9.17) is 15.9 Å². The van der Waals surface area contributed by atoms with Gasteiger partial charge in [0.25, 0.3) is 0 Å². The van der Waals surface area contributed by atoms with Crippen molar-refractivity contribution < 1.29 is 4.74 Å². The van der Waals surface area contributed by atoms with Crippen LogP contribution in [-0.2, 0) is 6.42 Å². The van der Waals surface area contributed by atoms with E-state index in [2.05, 4.69) is 13.0 Å². The maximum absolute atomic E-state index is 7.59. The minimum atomic E-state index is 0.0154. The first-order valence-electron chi connectivity index (χ1n) is 6.32. The molecule has 0 aliphatic carbocycles. The number of aryl methyl sites for hydroxylation is 2. The first-order chi connectivity index (χ1) is 9.10. The van der Waals surface area contributed by atoms with Gasteiger partial charge < -0.3 is 10.5 Å². The largest absolute Gasteiger partial charge is 0.457 e. The molecule has 0 aliphatic rings. The summed E-state index contributed by atoms with van der Waals surface area (Å²) in [5.74, 6) is 1.41. The third-order valence-corrected chi connectivity index (χ3v) is 2.96. The van der Waals surface area contributed by atoms with Gasteiger partial charge in [0.1, 0.15) is 17.3 Å². The monoisotopic (exact) mass is 254 g/mol. The number of rotatable bonds is 4. The van der Waals surface area contributed by atoms with Crippen LogP contribution >= 0.6 is 0 Å². The number of amidine groups is 1. The molecule has 0 fully saturated rings. The minimum absolute atomic E-state index is 0.0154. The van der Waals surface area contributed by atoms with E-state index in [0.29, 0.717) is 11.3 Å². The summed E-state index contributed by atoms with van der Waals surface area (Å²) in [6, 6.07) is 13.6. The number of hydrogen-bond donors (Lipinski definition) is 2. The van der Waals surface area contributed by atoms with Crippen LogP contribution in [0.5, 0.6) is 11.5 Å². The molecule has 0 radical (unpaired) electrons. The predicted octanol–water partition coefficient (Wildman–Crippen LogP) is 3.63. The van der Waals surface area contributed by atoms with Crippen LogP contribution in [0.15, 0.2) is 42.5 Å². The van der Waals surface area contributed by atoms with Gasteiger partial charge in [0.05, 0.1) is 5.56 Å². The molecule has 2 rings (SSSR count). The Kier molecular flexibility index (Phi) is 3.85. The normalized spacial score (nSPS) is 10.2. The molecule has 0 amide bonds. The van der Waals surface area contributed by atoms with E-state index in [9.17, 15) is 0 Å². The Morgan fingerprint density at radius 3 is 2.68 bits per heavy atom. The van der Waals surface area contributed by atoms with Crippen LogP contribution in [0.1, 0.15) is 23.6 Å². The van der Waals surface area contributed by atoms with Gasteiger partial charge in [-0.3, -0.25) is 5.41 Å². The number of nitrogens with two attached hydrogens (primary N) is 1. The highest BCUT2D eigenvalue weighted by Crippen LogP contribution is 2.27. The van der Waals surface area contributed by atoms with Crippen LogP contribution in [0.3, 0.4) is 0 Å². The average molecular weight is 254 g/mol. The predicted molar refractivity (Wildman–Crippen MR) is 78.1 cm³/mol. The second-order valence-electron chi connectivity index (χ2n) is 4.52. The summed E-state index contributed by atoms with van der Waals surface area (Å²) >= 11 is 0. The van der Waals surface area contributed by atoms with Crippen molar-refractivity contribution in [1.82, 2.24) is 0 Å². The molecule has 0 aromatic heterocycles.